The van der Waals surface area contributed by atoms with Crippen LogP contribution >= 0.6 is 0 Å². The second-order valence-electron chi connectivity index (χ2n) is 8.54. The molecule has 2 unspecified atom stereocenters. The van der Waals surface area contributed by atoms with E-state index in [1.54, 1.807) is 42.5 Å². The number of benzene rings is 3. The number of carboxylic acid groups (broad SMARTS) is 1. The van der Waals surface area contributed by atoms with Gasteiger partial charge in [-0.2, -0.15) is 0 Å². The average Bonchev–Trinajstić information content (AvgIpc) is 2.86. The van der Waals surface area contributed by atoms with Crippen molar-refractivity contribution >= 4 is 18.6 Å². The van der Waals surface area contributed by atoms with Gasteiger partial charge in [-0.1, -0.05) is 67.3 Å². The lowest BCUT2D eigenvalue weighted by molar-refractivity contribution is 0.0695. The van der Waals surface area contributed by atoms with Gasteiger partial charge in [0, 0.05) is 23.5 Å². The van der Waals surface area contributed by atoms with Crippen molar-refractivity contribution in [1.29, 1.82) is 0 Å². The summed E-state index contributed by atoms with van der Waals surface area (Å²) in [5, 5.41) is 29.1. The molecular weight excluding hydrogens is 443 g/mol. The SMILES string of the molecule is C=C1C=CC2C(=C1)Oc1cc(OCc3ccccc3B(O)O)ccc1C2c1ccccc1C(=O)O. The summed E-state index contributed by atoms with van der Waals surface area (Å²) in [5.41, 5.74) is 3.66. The van der Waals surface area contributed by atoms with Crippen molar-refractivity contribution in [2.75, 3.05) is 0 Å². The Morgan fingerprint density at radius 2 is 1.80 bits per heavy atom. The summed E-state index contributed by atoms with van der Waals surface area (Å²) in [5.74, 6) is 0.405. The van der Waals surface area contributed by atoms with Crippen molar-refractivity contribution in [3.63, 3.8) is 0 Å². The molecule has 0 fully saturated rings. The van der Waals surface area contributed by atoms with E-state index in [2.05, 4.69) is 6.58 Å². The third-order valence-corrected chi connectivity index (χ3v) is 6.33. The highest BCUT2D eigenvalue weighted by Gasteiger charge is 2.37. The summed E-state index contributed by atoms with van der Waals surface area (Å²) in [7, 11) is -1.59. The van der Waals surface area contributed by atoms with E-state index in [0.717, 1.165) is 11.1 Å². The summed E-state index contributed by atoms with van der Waals surface area (Å²) in [6, 6.07) is 19.5. The normalized spacial score (nSPS) is 18.1. The number of fused-ring (bicyclic) bond motifs is 2. The van der Waals surface area contributed by atoms with Crippen molar-refractivity contribution in [3.8, 4) is 11.5 Å². The highest BCUT2D eigenvalue weighted by Crippen LogP contribution is 2.49. The molecule has 6 nitrogen and oxygen atoms in total. The Kier molecular flexibility index (Phi) is 6.03. The standard InChI is InChI=1S/C28H23BO6/c1-17-10-12-22-25(14-17)35-26-15-19(34-16-18-6-2-5-9-24(18)29(32)33)11-13-23(26)27(22)20-7-3-4-8-21(20)28(30)31/h2-15,22,27,32-33H,1,16H2,(H,30,31). The molecule has 3 aromatic carbocycles. The molecule has 0 saturated heterocycles. The fourth-order valence-electron chi connectivity index (χ4n) is 4.69. The zero-order valence-electron chi connectivity index (χ0n) is 18.8. The number of aromatic carboxylic acids is 1. The monoisotopic (exact) mass is 466 g/mol. The van der Waals surface area contributed by atoms with Gasteiger partial charge in [-0.05, 0) is 40.4 Å². The maximum Gasteiger partial charge on any atom is 0.488 e. The van der Waals surface area contributed by atoms with Gasteiger partial charge in [-0.15, -0.1) is 0 Å². The first-order chi connectivity index (χ1) is 16.9. The maximum atomic E-state index is 12.0. The molecule has 35 heavy (non-hydrogen) atoms. The molecule has 0 aromatic heterocycles. The van der Waals surface area contributed by atoms with Gasteiger partial charge in [0.15, 0.2) is 0 Å². The Morgan fingerprint density at radius 3 is 2.60 bits per heavy atom. The van der Waals surface area contributed by atoms with Crippen LogP contribution in [-0.4, -0.2) is 28.2 Å². The highest BCUT2D eigenvalue weighted by atomic mass is 16.5. The van der Waals surface area contributed by atoms with Crippen LogP contribution in [0.3, 0.4) is 0 Å². The van der Waals surface area contributed by atoms with Gasteiger partial charge >= 0.3 is 13.1 Å². The molecular formula is C28H23BO6. The molecule has 0 radical (unpaired) electrons. The van der Waals surface area contributed by atoms with Crippen LogP contribution in [0.15, 0.2) is 103 Å². The number of hydrogen-bond acceptors (Lipinski definition) is 5. The van der Waals surface area contributed by atoms with Gasteiger partial charge in [-0.3, -0.25) is 0 Å². The Labute approximate surface area is 203 Å². The Bertz CT molecular complexity index is 1370. The lowest BCUT2D eigenvalue weighted by atomic mass is 9.74. The van der Waals surface area contributed by atoms with Gasteiger partial charge in [0.05, 0.1) is 5.56 Å². The van der Waals surface area contributed by atoms with Gasteiger partial charge < -0.3 is 24.6 Å². The zero-order chi connectivity index (χ0) is 24.5. The number of hydrogen-bond donors (Lipinski definition) is 3. The number of allylic oxidation sites excluding steroid dienone is 4. The molecule has 3 aromatic rings. The van der Waals surface area contributed by atoms with Crippen LogP contribution in [0.4, 0.5) is 0 Å². The van der Waals surface area contributed by atoms with Crippen LogP contribution in [0.5, 0.6) is 11.5 Å². The van der Waals surface area contributed by atoms with Crippen molar-refractivity contribution in [2.24, 2.45) is 5.92 Å². The average molecular weight is 466 g/mol. The van der Waals surface area contributed by atoms with E-state index in [-0.39, 0.29) is 24.0 Å². The quantitative estimate of drug-likeness (QED) is 0.479. The molecule has 1 heterocycles. The molecule has 2 aliphatic rings. The van der Waals surface area contributed by atoms with Crippen molar-refractivity contribution < 1.29 is 29.4 Å². The summed E-state index contributed by atoms with van der Waals surface area (Å²) in [6.45, 7) is 4.15. The van der Waals surface area contributed by atoms with E-state index in [9.17, 15) is 19.9 Å². The third kappa shape index (κ3) is 4.39. The fraction of sp³-hybridized carbons (Fsp3) is 0.107. The smallest absolute Gasteiger partial charge is 0.488 e. The lowest BCUT2D eigenvalue weighted by Crippen LogP contribution is -2.33. The van der Waals surface area contributed by atoms with Crippen LogP contribution in [0.2, 0.25) is 0 Å². The van der Waals surface area contributed by atoms with Gasteiger partial charge in [0.25, 0.3) is 0 Å². The van der Waals surface area contributed by atoms with Crippen LogP contribution in [0.25, 0.3) is 0 Å². The summed E-state index contributed by atoms with van der Waals surface area (Å²) in [6.07, 6.45) is 5.80. The first-order valence-electron chi connectivity index (χ1n) is 11.2. The fourth-order valence-corrected chi connectivity index (χ4v) is 4.69. The minimum atomic E-state index is -1.59. The van der Waals surface area contributed by atoms with Gasteiger partial charge in [0.2, 0.25) is 0 Å². The van der Waals surface area contributed by atoms with Crippen molar-refractivity contribution in [2.45, 2.75) is 12.5 Å². The molecule has 5 rings (SSSR count). The molecule has 174 valence electrons. The summed E-state index contributed by atoms with van der Waals surface area (Å²) in [4.78, 5) is 12.0. The van der Waals surface area contributed by atoms with Crippen molar-refractivity contribution in [1.82, 2.24) is 0 Å². The first-order valence-corrected chi connectivity index (χ1v) is 11.2. The van der Waals surface area contributed by atoms with Crippen LogP contribution in [-0.2, 0) is 6.61 Å². The van der Waals surface area contributed by atoms with Crippen LogP contribution in [0.1, 0.15) is 33.0 Å². The third-order valence-electron chi connectivity index (χ3n) is 6.33. The molecule has 0 spiro atoms. The Morgan fingerprint density at radius 1 is 1.03 bits per heavy atom. The lowest BCUT2D eigenvalue weighted by Gasteiger charge is -2.36. The maximum absolute atomic E-state index is 12.0. The molecule has 0 bridgehead atoms. The van der Waals surface area contributed by atoms with Crippen molar-refractivity contribution in [3.05, 3.63) is 125 Å². The van der Waals surface area contributed by atoms with E-state index in [4.69, 9.17) is 9.47 Å². The summed E-state index contributed by atoms with van der Waals surface area (Å²) < 4.78 is 12.2. The number of rotatable bonds is 6. The molecule has 3 N–H and O–H groups in total. The Balaban J connectivity index is 1.53. The summed E-state index contributed by atoms with van der Waals surface area (Å²) >= 11 is 0. The van der Waals surface area contributed by atoms with Crippen LogP contribution in [0, 0.1) is 5.92 Å². The number of carboxylic acids is 1. The molecule has 7 heteroatoms. The molecule has 0 saturated carbocycles. The second-order valence-corrected chi connectivity index (χ2v) is 8.54. The Hall–Kier alpha value is -4.07. The molecule has 1 aliphatic carbocycles. The van der Waals surface area contributed by atoms with Gasteiger partial charge in [-0.25, -0.2) is 4.79 Å². The topological polar surface area (TPSA) is 96.2 Å². The second kappa shape index (κ2) is 9.29. The van der Waals surface area contributed by atoms with E-state index in [1.165, 1.54) is 0 Å². The highest BCUT2D eigenvalue weighted by molar-refractivity contribution is 6.59. The predicted molar refractivity (Wildman–Crippen MR) is 133 cm³/mol. The molecule has 2 atom stereocenters. The van der Waals surface area contributed by atoms with Crippen LogP contribution < -0.4 is 14.9 Å². The molecule has 1 aliphatic heterocycles. The first kappa shape index (κ1) is 22.7. The predicted octanol–water partition coefficient (Wildman–Crippen LogP) is 3.79. The van der Waals surface area contributed by atoms with Gasteiger partial charge in [0.1, 0.15) is 23.9 Å². The number of carbonyl (C=O) groups is 1. The zero-order valence-corrected chi connectivity index (χ0v) is 18.8. The van der Waals surface area contributed by atoms with E-state index >= 15 is 0 Å². The van der Waals surface area contributed by atoms with E-state index < -0.39 is 13.1 Å². The number of ether oxygens (including phenoxy) is 2. The van der Waals surface area contributed by atoms with E-state index in [0.29, 0.717) is 33.8 Å². The molecule has 0 amide bonds. The van der Waals surface area contributed by atoms with E-state index in [1.807, 2.05) is 42.5 Å². The largest absolute Gasteiger partial charge is 0.489 e. The minimum Gasteiger partial charge on any atom is -0.489 e. The minimum absolute atomic E-state index is 0.142.